The van der Waals surface area contributed by atoms with Crippen molar-refractivity contribution in [3.05, 3.63) is 36.1 Å². The monoisotopic (exact) mass is 191 g/mol. The van der Waals surface area contributed by atoms with Gasteiger partial charge in [-0.1, -0.05) is 12.2 Å². The lowest BCUT2D eigenvalue weighted by atomic mass is 10.1. The summed E-state index contributed by atoms with van der Waals surface area (Å²) < 4.78 is 0. The Morgan fingerprint density at radius 3 is 2.36 bits per heavy atom. The summed E-state index contributed by atoms with van der Waals surface area (Å²) in [5.74, 6) is -0.662. The van der Waals surface area contributed by atoms with Crippen LogP contribution in [0.3, 0.4) is 0 Å². The molecule has 1 atom stereocenters. The van der Waals surface area contributed by atoms with Crippen molar-refractivity contribution in [1.82, 2.24) is 4.90 Å². The van der Waals surface area contributed by atoms with E-state index in [1.54, 1.807) is 18.2 Å². The Bertz CT molecular complexity index is 361. The number of allylic oxidation sites excluding steroid dienone is 1. The first-order chi connectivity index (χ1) is 6.68. The molecular formula is C10H9NO3. The first kappa shape index (κ1) is 8.90. The maximum absolute atomic E-state index is 11.2. The fraction of sp³-hybridized carbons (Fsp3) is 0.200. The molecule has 1 aliphatic carbocycles. The van der Waals surface area contributed by atoms with E-state index in [1.807, 2.05) is 0 Å². The van der Waals surface area contributed by atoms with Crippen LogP contribution in [-0.2, 0) is 9.59 Å². The van der Waals surface area contributed by atoms with Crippen LogP contribution in [0.2, 0.25) is 0 Å². The summed E-state index contributed by atoms with van der Waals surface area (Å²) in [6, 6.07) is 0. The summed E-state index contributed by atoms with van der Waals surface area (Å²) in [4.78, 5) is 23.6. The Morgan fingerprint density at radius 2 is 1.86 bits per heavy atom. The van der Waals surface area contributed by atoms with Crippen LogP contribution in [0.25, 0.3) is 0 Å². The predicted molar refractivity (Wildman–Crippen MR) is 48.8 cm³/mol. The number of aliphatic hydroxyl groups is 1. The Hall–Kier alpha value is -1.68. The van der Waals surface area contributed by atoms with Crippen LogP contribution in [0.1, 0.15) is 6.42 Å². The van der Waals surface area contributed by atoms with Gasteiger partial charge in [0.15, 0.2) is 0 Å². The van der Waals surface area contributed by atoms with Gasteiger partial charge < -0.3 is 5.11 Å². The van der Waals surface area contributed by atoms with E-state index in [0.29, 0.717) is 12.1 Å². The number of hydrogen-bond donors (Lipinski definition) is 1. The second-order valence-corrected chi connectivity index (χ2v) is 3.14. The van der Waals surface area contributed by atoms with E-state index in [2.05, 4.69) is 0 Å². The molecule has 1 unspecified atom stereocenters. The standard InChI is InChI=1S/C10H9NO3/c12-8-3-1-7(2-4-8)11-9(13)5-6-10(11)14/h1-3,5-6,8,12H,4H2. The van der Waals surface area contributed by atoms with Gasteiger partial charge in [0.2, 0.25) is 0 Å². The van der Waals surface area contributed by atoms with Crippen LogP contribution >= 0.6 is 0 Å². The molecule has 0 aromatic heterocycles. The topological polar surface area (TPSA) is 57.6 Å². The summed E-state index contributed by atoms with van der Waals surface area (Å²) in [5.41, 5.74) is 0.537. The zero-order valence-electron chi connectivity index (χ0n) is 7.38. The molecule has 0 spiro atoms. The third-order valence-corrected chi connectivity index (χ3v) is 2.13. The van der Waals surface area contributed by atoms with Gasteiger partial charge in [-0.15, -0.1) is 0 Å². The Labute approximate surface area is 80.8 Å². The van der Waals surface area contributed by atoms with Gasteiger partial charge in [-0.25, -0.2) is 4.90 Å². The summed E-state index contributed by atoms with van der Waals surface area (Å²) in [7, 11) is 0. The molecule has 1 heterocycles. The Morgan fingerprint density at radius 1 is 1.21 bits per heavy atom. The summed E-state index contributed by atoms with van der Waals surface area (Å²) in [6.45, 7) is 0. The number of imide groups is 1. The van der Waals surface area contributed by atoms with E-state index in [-0.39, 0.29) is 11.8 Å². The minimum Gasteiger partial charge on any atom is -0.389 e. The third kappa shape index (κ3) is 1.40. The number of amides is 2. The molecule has 4 heteroatoms. The largest absolute Gasteiger partial charge is 0.389 e. The molecule has 0 aromatic carbocycles. The molecular weight excluding hydrogens is 182 g/mol. The SMILES string of the molecule is O=C1C=CC(=O)N1C1=CCC(O)C=C1. The first-order valence-electron chi connectivity index (χ1n) is 4.31. The normalized spacial score (nSPS) is 25.9. The van der Waals surface area contributed by atoms with E-state index in [0.717, 1.165) is 4.90 Å². The van der Waals surface area contributed by atoms with Crippen molar-refractivity contribution >= 4 is 11.8 Å². The molecule has 0 saturated heterocycles. The quantitative estimate of drug-likeness (QED) is 0.599. The van der Waals surface area contributed by atoms with Crippen LogP contribution in [0.5, 0.6) is 0 Å². The lowest BCUT2D eigenvalue weighted by molar-refractivity contribution is -0.134. The number of aliphatic hydroxyl groups excluding tert-OH is 1. The molecule has 2 amide bonds. The van der Waals surface area contributed by atoms with Crippen molar-refractivity contribution in [3.8, 4) is 0 Å². The van der Waals surface area contributed by atoms with Crippen molar-refractivity contribution in [2.45, 2.75) is 12.5 Å². The predicted octanol–water partition coefficient (Wildman–Crippen LogP) is 0.116. The molecule has 2 aliphatic rings. The van der Waals surface area contributed by atoms with Crippen molar-refractivity contribution in [2.75, 3.05) is 0 Å². The molecule has 4 nitrogen and oxygen atoms in total. The molecule has 2 rings (SSSR count). The van der Waals surface area contributed by atoms with Crippen molar-refractivity contribution in [2.24, 2.45) is 0 Å². The highest BCUT2D eigenvalue weighted by atomic mass is 16.3. The van der Waals surface area contributed by atoms with Crippen LogP contribution in [0, 0.1) is 0 Å². The molecule has 0 radical (unpaired) electrons. The maximum atomic E-state index is 11.2. The zero-order valence-corrected chi connectivity index (χ0v) is 7.38. The fourth-order valence-electron chi connectivity index (χ4n) is 1.42. The van der Waals surface area contributed by atoms with Crippen molar-refractivity contribution in [3.63, 3.8) is 0 Å². The highest BCUT2D eigenvalue weighted by molar-refractivity contribution is 6.14. The van der Waals surface area contributed by atoms with Crippen LogP contribution < -0.4 is 0 Å². The lowest BCUT2D eigenvalue weighted by Crippen LogP contribution is -2.29. The molecule has 14 heavy (non-hydrogen) atoms. The fourth-order valence-corrected chi connectivity index (χ4v) is 1.42. The van der Waals surface area contributed by atoms with E-state index < -0.39 is 6.10 Å². The Kier molecular flexibility index (Phi) is 2.05. The molecule has 1 aliphatic heterocycles. The molecule has 0 aromatic rings. The van der Waals surface area contributed by atoms with Gasteiger partial charge in [-0.05, 0) is 12.5 Å². The van der Waals surface area contributed by atoms with E-state index in [9.17, 15) is 9.59 Å². The smallest absolute Gasteiger partial charge is 0.258 e. The van der Waals surface area contributed by atoms with Crippen LogP contribution in [0.4, 0.5) is 0 Å². The van der Waals surface area contributed by atoms with Gasteiger partial charge in [0.05, 0.1) is 6.10 Å². The molecule has 0 bridgehead atoms. The van der Waals surface area contributed by atoms with Crippen LogP contribution in [-0.4, -0.2) is 27.9 Å². The highest BCUT2D eigenvalue weighted by Crippen LogP contribution is 2.18. The summed E-state index contributed by atoms with van der Waals surface area (Å²) >= 11 is 0. The average molecular weight is 191 g/mol. The van der Waals surface area contributed by atoms with Gasteiger partial charge >= 0.3 is 0 Å². The molecule has 0 saturated carbocycles. The second kappa shape index (κ2) is 3.23. The number of carbonyl (C=O) groups excluding carboxylic acids is 2. The summed E-state index contributed by atoms with van der Waals surface area (Å²) in [5, 5.41) is 9.17. The summed E-state index contributed by atoms with van der Waals surface area (Å²) in [6.07, 6.45) is 7.21. The van der Waals surface area contributed by atoms with Gasteiger partial charge in [0, 0.05) is 17.8 Å². The number of rotatable bonds is 1. The minimum atomic E-state index is -0.514. The first-order valence-corrected chi connectivity index (χ1v) is 4.31. The molecule has 72 valence electrons. The van der Waals surface area contributed by atoms with E-state index in [4.69, 9.17) is 5.11 Å². The number of carbonyl (C=O) groups is 2. The molecule has 0 fully saturated rings. The number of hydrogen-bond acceptors (Lipinski definition) is 3. The third-order valence-electron chi connectivity index (χ3n) is 2.13. The minimum absolute atomic E-state index is 0.331. The maximum Gasteiger partial charge on any atom is 0.258 e. The van der Waals surface area contributed by atoms with Gasteiger partial charge in [-0.2, -0.15) is 0 Å². The second-order valence-electron chi connectivity index (χ2n) is 3.14. The van der Waals surface area contributed by atoms with Gasteiger partial charge in [0.25, 0.3) is 11.8 Å². The van der Waals surface area contributed by atoms with Crippen molar-refractivity contribution in [1.29, 1.82) is 0 Å². The number of nitrogens with zero attached hydrogens (tertiary/aromatic N) is 1. The Balaban J connectivity index is 2.21. The van der Waals surface area contributed by atoms with E-state index >= 15 is 0 Å². The zero-order chi connectivity index (χ0) is 10.1. The van der Waals surface area contributed by atoms with Crippen molar-refractivity contribution < 1.29 is 14.7 Å². The molecule has 1 N–H and O–H groups in total. The van der Waals surface area contributed by atoms with Crippen LogP contribution in [0.15, 0.2) is 36.1 Å². The lowest BCUT2D eigenvalue weighted by Gasteiger charge is -2.18. The van der Waals surface area contributed by atoms with Gasteiger partial charge in [0.1, 0.15) is 0 Å². The van der Waals surface area contributed by atoms with E-state index in [1.165, 1.54) is 12.2 Å². The highest BCUT2D eigenvalue weighted by Gasteiger charge is 2.26. The average Bonchev–Trinajstić information content (AvgIpc) is 2.49. The van der Waals surface area contributed by atoms with Gasteiger partial charge in [-0.3, -0.25) is 9.59 Å².